The maximum absolute atomic E-state index is 11.9. The lowest BCUT2D eigenvalue weighted by atomic mass is 10.3. The van der Waals surface area contributed by atoms with E-state index in [4.69, 9.17) is 5.73 Å². The van der Waals surface area contributed by atoms with Gasteiger partial charge in [0.05, 0.1) is 0 Å². The first-order valence-electron chi connectivity index (χ1n) is 5.93. The van der Waals surface area contributed by atoms with Crippen LogP contribution >= 0.6 is 11.3 Å². The highest BCUT2D eigenvalue weighted by Gasteiger charge is 2.16. The van der Waals surface area contributed by atoms with Gasteiger partial charge >= 0.3 is 0 Å². The SMILES string of the molecule is CC(C)NC(=O)CCNS(=O)(=O)c1ccc(CN)s1. The van der Waals surface area contributed by atoms with Gasteiger partial charge in [0.25, 0.3) is 0 Å². The van der Waals surface area contributed by atoms with Gasteiger partial charge in [-0.1, -0.05) is 0 Å². The molecule has 0 aliphatic rings. The van der Waals surface area contributed by atoms with Crippen LogP contribution in [0.2, 0.25) is 0 Å². The molecule has 1 aromatic heterocycles. The Kier molecular flexibility index (Phi) is 5.92. The molecule has 108 valence electrons. The molecule has 0 spiro atoms. The van der Waals surface area contributed by atoms with Crippen LogP contribution in [0, 0.1) is 0 Å². The summed E-state index contributed by atoms with van der Waals surface area (Å²) in [6.07, 6.45) is 0.118. The van der Waals surface area contributed by atoms with Gasteiger partial charge in [0, 0.05) is 30.4 Å². The van der Waals surface area contributed by atoms with Crippen molar-refractivity contribution in [2.45, 2.75) is 37.1 Å². The number of hydrogen-bond donors (Lipinski definition) is 3. The van der Waals surface area contributed by atoms with Crippen molar-refractivity contribution >= 4 is 27.3 Å². The highest BCUT2D eigenvalue weighted by molar-refractivity contribution is 7.91. The van der Waals surface area contributed by atoms with Crippen molar-refractivity contribution in [1.82, 2.24) is 10.0 Å². The molecule has 0 bridgehead atoms. The summed E-state index contributed by atoms with van der Waals surface area (Å²) in [6.45, 7) is 4.10. The summed E-state index contributed by atoms with van der Waals surface area (Å²) in [5.41, 5.74) is 5.43. The Morgan fingerprint density at radius 2 is 2.11 bits per heavy atom. The third-order valence-corrected chi connectivity index (χ3v) is 5.26. The van der Waals surface area contributed by atoms with Gasteiger partial charge in [0.15, 0.2) is 0 Å². The highest BCUT2D eigenvalue weighted by atomic mass is 32.2. The van der Waals surface area contributed by atoms with E-state index in [1.54, 1.807) is 6.07 Å². The van der Waals surface area contributed by atoms with E-state index in [0.717, 1.165) is 16.2 Å². The number of rotatable bonds is 7. The first kappa shape index (κ1) is 16.1. The van der Waals surface area contributed by atoms with E-state index in [9.17, 15) is 13.2 Å². The largest absolute Gasteiger partial charge is 0.354 e. The summed E-state index contributed by atoms with van der Waals surface area (Å²) in [6, 6.07) is 3.25. The third kappa shape index (κ3) is 5.27. The van der Waals surface area contributed by atoms with Gasteiger partial charge in [0.1, 0.15) is 4.21 Å². The zero-order valence-corrected chi connectivity index (χ0v) is 12.6. The average molecular weight is 305 g/mol. The molecule has 1 amide bonds. The molecule has 0 aromatic carbocycles. The molecule has 0 aliphatic heterocycles. The Balaban J connectivity index is 2.49. The Morgan fingerprint density at radius 1 is 1.42 bits per heavy atom. The van der Waals surface area contributed by atoms with Crippen LogP contribution in [-0.4, -0.2) is 26.9 Å². The average Bonchev–Trinajstić information content (AvgIpc) is 2.76. The molecule has 4 N–H and O–H groups in total. The molecule has 1 rings (SSSR count). The Morgan fingerprint density at radius 3 is 2.63 bits per heavy atom. The first-order valence-corrected chi connectivity index (χ1v) is 8.23. The number of amides is 1. The number of thiophene rings is 1. The fourth-order valence-corrected chi connectivity index (χ4v) is 3.69. The molecule has 0 saturated heterocycles. The van der Waals surface area contributed by atoms with Crippen LogP contribution in [-0.2, 0) is 21.4 Å². The third-order valence-electron chi connectivity index (χ3n) is 2.20. The van der Waals surface area contributed by atoms with Gasteiger partial charge in [-0.05, 0) is 26.0 Å². The number of hydrogen-bond acceptors (Lipinski definition) is 5. The molecule has 0 fully saturated rings. The normalized spacial score (nSPS) is 11.8. The van der Waals surface area contributed by atoms with E-state index >= 15 is 0 Å². The van der Waals surface area contributed by atoms with Crippen molar-refractivity contribution in [2.75, 3.05) is 6.54 Å². The quantitative estimate of drug-likeness (QED) is 0.678. The van der Waals surface area contributed by atoms with Crippen LogP contribution in [0.5, 0.6) is 0 Å². The second-order valence-electron chi connectivity index (χ2n) is 4.29. The van der Waals surface area contributed by atoms with E-state index in [1.807, 2.05) is 13.8 Å². The zero-order chi connectivity index (χ0) is 14.5. The van der Waals surface area contributed by atoms with Gasteiger partial charge in [-0.3, -0.25) is 4.79 Å². The lowest BCUT2D eigenvalue weighted by Crippen LogP contribution is -2.33. The van der Waals surface area contributed by atoms with E-state index in [0.29, 0.717) is 6.54 Å². The Bertz CT molecular complexity index is 523. The number of sulfonamides is 1. The second kappa shape index (κ2) is 6.99. The molecule has 0 saturated carbocycles. The minimum atomic E-state index is -3.54. The van der Waals surface area contributed by atoms with Gasteiger partial charge in [-0.15, -0.1) is 11.3 Å². The molecule has 8 heteroatoms. The standard InChI is InChI=1S/C11H19N3O3S2/c1-8(2)14-10(15)5-6-13-19(16,17)11-4-3-9(7-12)18-11/h3-4,8,13H,5-7,12H2,1-2H3,(H,14,15). The minimum Gasteiger partial charge on any atom is -0.354 e. The minimum absolute atomic E-state index is 0.0496. The smallest absolute Gasteiger partial charge is 0.250 e. The summed E-state index contributed by atoms with van der Waals surface area (Å²) in [4.78, 5) is 12.2. The van der Waals surface area contributed by atoms with Crippen molar-refractivity contribution in [3.63, 3.8) is 0 Å². The summed E-state index contributed by atoms with van der Waals surface area (Å²) in [7, 11) is -3.54. The number of carbonyl (C=O) groups excluding carboxylic acids is 1. The van der Waals surface area contributed by atoms with Gasteiger partial charge in [-0.2, -0.15) is 0 Å². The predicted octanol–water partition coefficient (Wildman–Crippen LogP) is 0.400. The summed E-state index contributed by atoms with van der Waals surface area (Å²) in [5, 5.41) is 2.69. The molecule has 0 aliphatic carbocycles. The van der Waals surface area contributed by atoms with Crippen LogP contribution < -0.4 is 15.8 Å². The van der Waals surface area contributed by atoms with Crippen molar-refractivity contribution in [1.29, 1.82) is 0 Å². The van der Waals surface area contributed by atoms with Crippen LogP contribution in [0.15, 0.2) is 16.3 Å². The molecule has 19 heavy (non-hydrogen) atoms. The monoisotopic (exact) mass is 305 g/mol. The van der Waals surface area contributed by atoms with Crippen molar-refractivity contribution in [2.24, 2.45) is 5.73 Å². The zero-order valence-electron chi connectivity index (χ0n) is 11.0. The summed E-state index contributed by atoms with van der Waals surface area (Å²) >= 11 is 1.13. The summed E-state index contributed by atoms with van der Waals surface area (Å²) in [5.74, 6) is -0.175. The maximum atomic E-state index is 11.9. The van der Waals surface area contributed by atoms with Crippen molar-refractivity contribution in [3.8, 4) is 0 Å². The molecule has 1 aromatic rings. The Hall–Kier alpha value is -0.960. The van der Waals surface area contributed by atoms with Crippen molar-refractivity contribution < 1.29 is 13.2 Å². The van der Waals surface area contributed by atoms with Crippen LogP contribution in [0.25, 0.3) is 0 Å². The molecule has 0 atom stereocenters. The number of carbonyl (C=O) groups is 1. The molecule has 6 nitrogen and oxygen atoms in total. The van der Waals surface area contributed by atoms with Gasteiger partial charge < -0.3 is 11.1 Å². The fraction of sp³-hybridized carbons (Fsp3) is 0.545. The lowest BCUT2D eigenvalue weighted by Gasteiger charge is -2.08. The van der Waals surface area contributed by atoms with E-state index in [2.05, 4.69) is 10.0 Å². The summed E-state index contributed by atoms with van der Waals surface area (Å²) < 4.78 is 26.4. The maximum Gasteiger partial charge on any atom is 0.250 e. The van der Waals surface area contributed by atoms with Crippen LogP contribution in [0.1, 0.15) is 25.1 Å². The second-order valence-corrected chi connectivity index (χ2v) is 7.46. The van der Waals surface area contributed by atoms with Gasteiger partial charge in [-0.25, -0.2) is 13.1 Å². The lowest BCUT2D eigenvalue weighted by molar-refractivity contribution is -0.121. The number of nitrogens with two attached hydrogens (primary N) is 1. The van der Waals surface area contributed by atoms with E-state index in [1.165, 1.54) is 6.07 Å². The van der Waals surface area contributed by atoms with Crippen LogP contribution in [0.3, 0.4) is 0 Å². The number of nitrogens with one attached hydrogen (secondary N) is 2. The van der Waals surface area contributed by atoms with Crippen molar-refractivity contribution in [3.05, 3.63) is 17.0 Å². The molecule has 0 radical (unpaired) electrons. The fourth-order valence-electron chi connectivity index (χ4n) is 1.38. The van der Waals surface area contributed by atoms with E-state index in [-0.39, 0.29) is 29.1 Å². The van der Waals surface area contributed by atoms with Crippen LogP contribution in [0.4, 0.5) is 0 Å². The molecular weight excluding hydrogens is 286 g/mol. The van der Waals surface area contributed by atoms with E-state index < -0.39 is 10.0 Å². The molecule has 1 heterocycles. The molecule has 0 unspecified atom stereocenters. The predicted molar refractivity (Wildman–Crippen MR) is 75.3 cm³/mol. The first-order chi connectivity index (χ1) is 8.85. The molecular formula is C11H19N3O3S2. The Labute approximate surface area is 117 Å². The highest BCUT2D eigenvalue weighted by Crippen LogP contribution is 2.20. The topological polar surface area (TPSA) is 101 Å². The van der Waals surface area contributed by atoms with Gasteiger partial charge in [0.2, 0.25) is 15.9 Å².